The third-order valence-corrected chi connectivity index (χ3v) is 3.87. The standard InChI is InChI=1S/C14H21Cl2N/c1-4-10(3)13(9-17-5-2)12-7-6-11(15)8-14(12)16/h6-8,10,13,17H,4-5,9H2,1-3H3. The Morgan fingerprint density at radius 1 is 1.24 bits per heavy atom. The zero-order valence-corrected chi connectivity index (χ0v) is 12.3. The minimum Gasteiger partial charge on any atom is -0.316 e. The van der Waals surface area contributed by atoms with Gasteiger partial charge in [-0.15, -0.1) is 0 Å². The molecule has 0 heterocycles. The summed E-state index contributed by atoms with van der Waals surface area (Å²) < 4.78 is 0. The smallest absolute Gasteiger partial charge is 0.0456 e. The van der Waals surface area contributed by atoms with E-state index < -0.39 is 0 Å². The van der Waals surface area contributed by atoms with Crippen molar-refractivity contribution in [3.8, 4) is 0 Å². The van der Waals surface area contributed by atoms with E-state index in [1.807, 2.05) is 12.1 Å². The fourth-order valence-electron chi connectivity index (χ4n) is 2.00. The van der Waals surface area contributed by atoms with Gasteiger partial charge in [0.05, 0.1) is 0 Å². The van der Waals surface area contributed by atoms with Crippen LogP contribution >= 0.6 is 23.2 Å². The summed E-state index contributed by atoms with van der Waals surface area (Å²) in [6.45, 7) is 8.56. The van der Waals surface area contributed by atoms with Gasteiger partial charge in [0.1, 0.15) is 0 Å². The Morgan fingerprint density at radius 3 is 2.47 bits per heavy atom. The topological polar surface area (TPSA) is 12.0 Å². The van der Waals surface area contributed by atoms with Crippen LogP contribution in [0.4, 0.5) is 0 Å². The molecule has 1 N–H and O–H groups in total. The fourth-order valence-corrected chi connectivity index (χ4v) is 2.55. The molecular weight excluding hydrogens is 253 g/mol. The van der Waals surface area contributed by atoms with E-state index in [0.717, 1.165) is 24.5 Å². The second kappa shape index (κ2) is 7.25. The Labute approximate surface area is 115 Å². The first kappa shape index (κ1) is 14.8. The van der Waals surface area contributed by atoms with Gasteiger partial charge in [0.2, 0.25) is 0 Å². The maximum absolute atomic E-state index is 6.29. The molecule has 1 aromatic rings. The highest BCUT2D eigenvalue weighted by molar-refractivity contribution is 6.35. The number of nitrogens with one attached hydrogen (secondary N) is 1. The lowest BCUT2D eigenvalue weighted by molar-refractivity contribution is 0.424. The predicted molar refractivity (Wildman–Crippen MR) is 77.2 cm³/mol. The zero-order valence-electron chi connectivity index (χ0n) is 10.8. The van der Waals surface area contributed by atoms with Gasteiger partial charge in [-0.05, 0) is 30.2 Å². The molecule has 1 aromatic carbocycles. The molecule has 1 rings (SSSR count). The Balaban J connectivity index is 2.95. The molecule has 0 aromatic heterocycles. The number of hydrogen-bond donors (Lipinski definition) is 1. The maximum atomic E-state index is 6.29. The van der Waals surface area contributed by atoms with Crippen molar-refractivity contribution in [1.82, 2.24) is 5.32 Å². The lowest BCUT2D eigenvalue weighted by Crippen LogP contribution is -2.25. The van der Waals surface area contributed by atoms with Crippen molar-refractivity contribution in [2.45, 2.75) is 33.1 Å². The van der Waals surface area contributed by atoms with E-state index >= 15 is 0 Å². The van der Waals surface area contributed by atoms with E-state index in [4.69, 9.17) is 23.2 Å². The van der Waals surface area contributed by atoms with Gasteiger partial charge >= 0.3 is 0 Å². The van der Waals surface area contributed by atoms with Gasteiger partial charge in [-0.3, -0.25) is 0 Å². The summed E-state index contributed by atoms with van der Waals surface area (Å²) in [7, 11) is 0. The first-order valence-corrected chi connectivity index (χ1v) is 7.01. The molecule has 96 valence electrons. The highest BCUT2D eigenvalue weighted by atomic mass is 35.5. The Bertz CT molecular complexity index is 352. The van der Waals surface area contributed by atoms with E-state index in [1.165, 1.54) is 5.56 Å². The SMILES string of the molecule is CCNCC(c1ccc(Cl)cc1Cl)C(C)CC. The third kappa shape index (κ3) is 4.17. The average Bonchev–Trinajstić information content (AvgIpc) is 2.31. The van der Waals surface area contributed by atoms with Crippen LogP contribution < -0.4 is 5.32 Å². The molecule has 0 saturated carbocycles. The molecule has 0 fully saturated rings. The van der Waals surface area contributed by atoms with Crippen molar-refractivity contribution in [1.29, 1.82) is 0 Å². The van der Waals surface area contributed by atoms with Crippen molar-refractivity contribution >= 4 is 23.2 Å². The van der Waals surface area contributed by atoms with Crippen LogP contribution in [0.5, 0.6) is 0 Å². The molecule has 0 aliphatic heterocycles. The van der Waals surface area contributed by atoms with Crippen LogP contribution in [0.1, 0.15) is 38.7 Å². The van der Waals surface area contributed by atoms with E-state index in [-0.39, 0.29) is 0 Å². The highest BCUT2D eigenvalue weighted by Gasteiger charge is 2.20. The van der Waals surface area contributed by atoms with E-state index in [9.17, 15) is 0 Å². The molecule has 0 radical (unpaired) electrons. The molecular formula is C14H21Cl2N. The maximum Gasteiger partial charge on any atom is 0.0456 e. The van der Waals surface area contributed by atoms with Crippen LogP contribution in [-0.4, -0.2) is 13.1 Å². The van der Waals surface area contributed by atoms with Crippen molar-refractivity contribution in [3.63, 3.8) is 0 Å². The molecule has 2 unspecified atom stereocenters. The quantitative estimate of drug-likeness (QED) is 0.790. The summed E-state index contributed by atoms with van der Waals surface area (Å²) in [5.41, 5.74) is 1.20. The highest BCUT2D eigenvalue weighted by Crippen LogP contribution is 2.33. The normalized spacial score (nSPS) is 14.6. The Hall–Kier alpha value is -0.240. The van der Waals surface area contributed by atoms with Gasteiger partial charge in [-0.1, -0.05) is 56.5 Å². The molecule has 1 nitrogen and oxygen atoms in total. The summed E-state index contributed by atoms with van der Waals surface area (Å²) >= 11 is 12.2. The lowest BCUT2D eigenvalue weighted by Gasteiger charge is -2.24. The Morgan fingerprint density at radius 2 is 1.94 bits per heavy atom. The van der Waals surface area contributed by atoms with Crippen molar-refractivity contribution in [2.75, 3.05) is 13.1 Å². The number of benzene rings is 1. The summed E-state index contributed by atoms with van der Waals surface area (Å²) in [5.74, 6) is 1.05. The molecule has 3 heteroatoms. The fraction of sp³-hybridized carbons (Fsp3) is 0.571. The minimum absolute atomic E-state index is 0.449. The summed E-state index contributed by atoms with van der Waals surface area (Å²) in [6, 6.07) is 5.81. The van der Waals surface area contributed by atoms with Crippen LogP contribution in [0, 0.1) is 5.92 Å². The van der Waals surface area contributed by atoms with Crippen LogP contribution in [0.3, 0.4) is 0 Å². The predicted octanol–water partition coefficient (Wildman–Crippen LogP) is 4.73. The van der Waals surface area contributed by atoms with Crippen molar-refractivity contribution in [2.24, 2.45) is 5.92 Å². The largest absolute Gasteiger partial charge is 0.316 e. The molecule has 0 spiro atoms. The Kier molecular flexibility index (Phi) is 6.32. The van der Waals surface area contributed by atoms with Crippen LogP contribution in [-0.2, 0) is 0 Å². The summed E-state index contributed by atoms with van der Waals surface area (Å²) in [6.07, 6.45) is 1.15. The van der Waals surface area contributed by atoms with Crippen LogP contribution in [0.15, 0.2) is 18.2 Å². The molecule has 0 aliphatic carbocycles. The molecule has 0 aliphatic rings. The molecule has 17 heavy (non-hydrogen) atoms. The van der Waals surface area contributed by atoms with Gasteiger partial charge < -0.3 is 5.32 Å². The first-order chi connectivity index (χ1) is 8.10. The average molecular weight is 274 g/mol. The second-order valence-corrected chi connectivity index (χ2v) is 5.31. The van der Waals surface area contributed by atoms with Gasteiger partial charge in [-0.25, -0.2) is 0 Å². The van der Waals surface area contributed by atoms with Crippen molar-refractivity contribution < 1.29 is 0 Å². The van der Waals surface area contributed by atoms with Gasteiger partial charge in [0.15, 0.2) is 0 Å². The number of hydrogen-bond acceptors (Lipinski definition) is 1. The number of likely N-dealkylation sites (N-methyl/N-ethyl adjacent to an activating group) is 1. The van der Waals surface area contributed by atoms with Crippen LogP contribution in [0.2, 0.25) is 10.0 Å². The minimum atomic E-state index is 0.449. The molecule has 0 bridgehead atoms. The number of rotatable bonds is 6. The van der Waals surface area contributed by atoms with E-state index in [2.05, 4.69) is 32.2 Å². The second-order valence-electron chi connectivity index (χ2n) is 4.47. The lowest BCUT2D eigenvalue weighted by atomic mass is 9.85. The molecule has 0 saturated heterocycles. The number of halogens is 2. The molecule has 0 amide bonds. The summed E-state index contributed by atoms with van der Waals surface area (Å²) in [4.78, 5) is 0. The first-order valence-electron chi connectivity index (χ1n) is 6.25. The monoisotopic (exact) mass is 273 g/mol. The zero-order chi connectivity index (χ0) is 12.8. The van der Waals surface area contributed by atoms with E-state index in [0.29, 0.717) is 16.9 Å². The van der Waals surface area contributed by atoms with Gasteiger partial charge in [0.25, 0.3) is 0 Å². The summed E-state index contributed by atoms with van der Waals surface area (Å²) in [5, 5.41) is 4.89. The van der Waals surface area contributed by atoms with Crippen molar-refractivity contribution in [3.05, 3.63) is 33.8 Å². The van der Waals surface area contributed by atoms with Crippen LogP contribution in [0.25, 0.3) is 0 Å². The third-order valence-electron chi connectivity index (χ3n) is 3.31. The van der Waals surface area contributed by atoms with Gasteiger partial charge in [0, 0.05) is 22.5 Å². The van der Waals surface area contributed by atoms with E-state index in [1.54, 1.807) is 0 Å². The van der Waals surface area contributed by atoms with Gasteiger partial charge in [-0.2, -0.15) is 0 Å². The molecule has 2 atom stereocenters.